The number of carbonyl (C=O) groups is 2. The lowest BCUT2D eigenvalue weighted by molar-refractivity contribution is -0.120. The van der Waals surface area contributed by atoms with Gasteiger partial charge in [0.25, 0.3) is 0 Å². The van der Waals surface area contributed by atoms with E-state index in [1.807, 2.05) is 60.8 Å². The van der Waals surface area contributed by atoms with E-state index in [2.05, 4.69) is 10.3 Å². The zero-order chi connectivity index (χ0) is 21.8. The van der Waals surface area contributed by atoms with Crippen LogP contribution in [0.25, 0.3) is 11.3 Å². The molecule has 1 atom stereocenters. The van der Waals surface area contributed by atoms with Gasteiger partial charge < -0.3 is 10.1 Å². The van der Waals surface area contributed by atoms with E-state index in [1.165, 1.54) is 16.2 Å². The van der Waals surface area contributed by atoms with E-state index >= 15 is 0 Å². The Bertz CT molecular complexity index is 1090. The van der Waals surface area contributed by atoms with Crippen molar-refractivity contribution in [3.63, 3.8) is 0 Å². The molecule has 0 aliphatic carbocycles. The molecule has 0 unspecified atom stereocenters. The minimum absolute atomic E-state index is 0.180. The molecule has 160 valence electrons. The van der Waals surface area contributed by atoms with Crippen LogP contribution in [-0.4, -0.2) is 34.5 Å². The fourth-order valence-corrected chi connectivity index (χ4v) is 4.37. The molecule has 1 saturated heterocycles. The highest BCUT2D eigenvalue weighted by Gasteiger charge is 2.35. The molecule has 6 nitrogen and oxygen atoms in total. The van der Waals surface area contributed by atoms with Crippen LogP contribution in [0.4, 0.5) is 9.93 Å². The number of hydrogen-bond donors (Lipinski definition) is 1. The third kappa shape index (κ3) is 5.06. The number of likely N-dealkylation sites (tertiary alicyclic amines) is 1. The number of halogens is 1. The van der Waals surface area contributed by atoms with Gasteiger partial charge in [0.15, 0.2) is 5.13 Å². The van der Waals surface area contributed by atoms with Crippen LogP contribution in [-0.2, 0) is 16.1 Å². The number of carbonyl (C=O) groups excluding carboxylic acids is 2. The maximum Gasteiger partial charge on any atom is 0.410 e. The Morgan fingerprint density at radius 1 is 1.26 bits per heavy atom. The summed E-state index contributed by atoms with van der Waals surface area (Å²) in [6.07, 6.45) is 0.873. The molecule has 3 aromatic rings. The number of amides is 2. The van der Waals surface area contributed by atoms with Crippen LogP contribution in [0.15, 0.2) is 53.9 Å². The van der Waals surface area contributed by atoms with Crippen molar-refractivity contribution in [1.29, 1.82) is 0 Å². The van der Waals surface area contributed by atoms with Gasteiger partial charge in [0, 0.05) is 22.5 Å². The molecule has 31 heavy (non-hydrogen) atoms. The monoisotopic (exact) mass is 455 g/mol. The standard InChI is InChI=1S/C23H22ClN3O3S/c1-15-9-10-17(12-18(15)24)19-14-31-22(25-19)26-21(28)20-8-5-11-27(20)23(29)30-13-16-6-3-2-4-7-16/h2-4,6-7,9-10,12,14,20H,5,8,11,13H2,1H3,(H,25,26,28)/t20-/m1/s1. The predicted octanol–water partition coefficient (Wildman–Crippen LogP) is 5.51. The second-order valence-electron chi connectivity index (χ2n) is 7.38. The molecule has 8 heteroatoms. The average molecular weight is 456 g/mol. The summed E-state index contributed by atoms with van der Waals surface area (Å²) in [5.74, 6) is -0.253. The molecule has 0 spiro atoms. The topological polar surface area (TPSA) is 71.5 Å². The number of anilines is 1. The maximum absolute atomic E-state index is 12.8. The van der Waals surface area contributed by atoms with Crippen molar-refractivity contribution in [1.82, 2.24) is 9.88 Å². The normalized spacial score (nSPS) is 15.7. The van der Waals surface area contributed by atoms with Crippen molar-refractivity contribution in [2.24, 2.45) is 0 Å². The van der Waals surface area contributed by atoms with Crippen molar-refractivity contribution in [3.05, 3.63) is 70.1 Å². The summed E-state index contributed by atoms with van der Waals surface area (Å²) in [6.45, 7) is 2.62. The highest BCUT2D eigenvalue weighted by molar-refractivity contribution is 7.14. The number of nitrogens with one attached hydrogen (secondary N) is 1. The Kier molecular flexibility index (Phi) is 6.53. The SMILES string of the molecule is Cc1ccc(-c2csc(NC(=O)[C@H]3CCCN3C(=O)OCc3ccccc3)n2)cc1Cl. The zero-order valence-corrected chi connectivity index (χ0v) is 18.6. The van der Waals surface area contributed by atoms with E-state index < -0.39 is 12.1 Å². The molecule has 1 aliphatic rings. The largest absolute Gasteiger partial charge is 0.445 e. The summed E-state index contributed by atoms with van der Waals surface area (Å²) in [6, 6.07) is 14.7. The fourth-order valence-electron chi connectivity index (χ4n) is 3.46. The van der Waals surface area contributed by atoms with Crippen LogP contribution in [0.1, 0.15) is 24.0 Å². The van der Waals surface area contributed by atoms with Crippen molar-refractivity contribution in [2.75, 3.05) is 11.9 Å². The first-order chi connectivity index (χ1) is 15.0. The molecule has 1 aromatic heterocycles. The van der Waals surface area contributed by atoms with Crippen molar-refractivity contribution in [3.8, 4) is 11.3 Å². The van der Waals surface area contributed by atoms with Gasteiger partial charge in [-0.2, -0.15) is 0 Å². The number of ether oxygens (including phenoxy) is 1. The summed E-state index contributed by atoms with van der Waals surface area (Å²) in [7, 11) is 0. The van der Waals surface area contributed by atoms with Gasteiger partial charge in [0.05, 0.1) is 5.69 Å². The van der Waals surface area contributed by atoms with Crippen molar-refractivity contribution in [2.45, 2.75) is 32.4 Å². The third-order valence-corrected chi connectivity index (χ3v) is 6.36. The molecular weight excluding hydrogens is 434 g/mol. The van der Waals surface area contributed by atoms with Crippen LogP contribution in [0.3, 0.4) is 0 Å². The lowest BCUT2D eigenvalue weighted by Crippen LogP contribution is -2.43. The molecular formula is C23H22ClN3O3S. The Morgan fingerprint density at radius 3 is 2.84 bits per heavy atom. The molecule has 1 fully saturated rings. The zero-order valence-electron chi connectivity index (χ0n) is 17.0. The lowest BCUT2D eigenvalue weighted by atomic mass is 10.1. The van der Waals surface area contributed by atoms with Gasteiger partial charge in [-0.25, -0.2) is 9.78 Å². The van der Waals surface area contributed by atoms with Crippen molar-refractivity contribution < 1.29 is 14.3 Å². The van der Waals surface area contributed by atoms with Crippen LogP contribution >= 0.6 is 22.9 Å². The van der Waals surface area contributed by atoms with Gasteiger partial charge in [0.1, 0.15) is 12.6 Å². The number of aryl methyl sites for hydroxylation is 1. The Morgan fingerprint density at radius 2 is 2.06 bits per heavy atom. The lowest BCUT2D eigenvalue weighted by Gasteiger charge is -2.22. The Balaban J connectivity index is 1.38. The van der Waals surface area contributed by atoms with Crippen LogP contribution in [0.2, 0.25) is 5.02 Å². The minimum atomic E-state index is -0.565. The van der Waals surface area contributed by atoms with Gasteiger partial charge in [0.2, 0.25) is 5.91 Å². The number of rotatable bonds is 5. The molecule has 4 rings (SSSR count). The second-order valence-corrected chi connectivity index (χ2v) is 8.65. The van der Waals surface area contributed by atoms with Gasteiger partial charge in [-0.3, -0.25) is 9.69 Å². The quantitative estimate of drug-likeness (QED) is 0.550. The summed E-state index contributed by atoms with van der Waals surface area (Å²) >= 11 is 7.55. The second kappa shape index (κ2) is 9.49. The molecule has 0 saturated carbocycles. The van der Waals surface area contributed by atoms with E-state index in [0.717, 1.165) is 28.8 Å². The number of hydrogen-bond acceptors (Lipinski definition) is 5. The van der Waals surface area contributed by atoms with Crippen LogP contribution in [0, 0.1) is 6.92 Å². The highest BCUT2D eigenvalue weighted by Crippen LogP contribution is 2.29. The minimum Gasteiger partial charge on any atom is -0.445 e. The van der Waals surface area contributed by atoms with Crippen LogP contribution in [0.5, 0.6) is 0 Å². The first-order valence-corrected chi connectivity index (χ1v) is 11.3. The third-order valence-electron chi connectivity index (χ3n) is 5.20. The van der Waals surface area contributed by atoms with Crippen LogP contribution < -0.4 is 5.32 Å². The molecule has 1 aliphatic heterocycles. The summed E-state index contributed by atoms with van der Waals surface area (Å²) in [5, 5.41) is 5.88. The van der Waals surface area contributed by atoms with E-state index in [9.17, 15) is 9.59 Å². The number of benzene rings is 2. The molecule has 2 heterocycles. The van der Waals surface area contributed by atoms with Gasteiger partial charge in [-0.15, -0.1) is 11.3 Å². The Labute approximate surface area is 189 Å². The summed E-state index contributed by atoms with van der Waals surface area (Å²) in [4.78, 5) is 31.4. The number of thiazole rings is 1. The van der Waals surface area contributed by atoms with E-state index in [1.54, 1.807) is 0 Å². The summed E-state index contributed by atoms with van der Waals surface area (Å²) < 4.78 is 5.41. The fraction of sp³-hybridized carbons (Fsp3) is 0.261. The van der Waals surface area contributed by atoms with E-state index in [4.69, 9.17) is 16.3 Å². The molecule has 1 N–H and O–H groups in total. The van der Waals surface area contributed by atoms with Gasteiger partial charge in [-0.1, -0.05) is 54.1 Å². The molecule has 2 aromatic carbocycles. The first kappa shape index (κ1) is 21.3. The highest BCUT2D eigenvalue weighted by atomic mass is 35.5. The molecule has 2 amide bonds. The maximum atomic E-state index is 12.8. The van der Waals surface area contributed by atoms with Crippen molar-refractivity contribution >= 4 is 40.1 Å². The van der Waals surface area contributed by atoms with Gasteiger partial charge >= 0.3 is 6.09 Å². The molecule has 0 radical (unpaired) electrons. The van der Waals surface area contributed by atoms with Gasteiger partial charge in [-0.05, 0) is 37.0 Å². The molecule has 0 bridgehead atoms. The number of aromatic nitrogens is 1. The first-order valence-electron chi connectivity index (χ1n) is 10.0. The number of nitrogens with zero attached hydrogens (tertiary/aromatic N) is 2. The van der Waals surface area contributed by atoms with E-state index in [0.29, 0.717) is 23.1 Å². The van der Waals surface area contributed by atoms with E-state index in [-0.39, 0.29) is 12.5 Å². The predicted molar refractivity (Wildman–Crippen MR) is 122 cm³/mol. The smallest absolute Gasteiger partial charge is 0.410 e. The summed E-state index contributed by atoms with van der Waals surface area (Å²) in [5.41, 5.74) is 3.53. The average Bonchev–Trinajstić information content (AvgIpc) is 3.45. The Hall–Kier alpha value is -2.90.